The standard InChI is InChI=1S/C21H23ClN2O4S/c1-28-18-7-2-4-15(10-18)8-9-23-12-21(25)24(17-6-3-5-16(22)11-17)20-14-29(26,27)13-19(20)23/h2-7,10-11,19-20H,8-9,12-14H2,1H3/t19-,20-/m1/s1. The molecule has 2 aromatic carbocycles. The molecule has 1 amide bonds. The molecule has 29 heavy (non-hydrogen) atoms. The van der Waals surface area contributed by atoms with Crippen LogP contribution in [0.2, 0.25) is 5.02 Å². The van der Waals surface area contributed by atoms with Gasteiger partial charge in [0.1, 0.15) is 5.75 Å². The lowest BCUT2D eigenvalue weighted by molar-refractivity contribution is -0.123. The molecule has 8 heteroatoms. The van der Waals surface area contributed by atoms with Gasteiger partial charge in [-0.15, -0.1) is 0 Å². The van der Waals surface area contributed by atoms with Crippen LogP contribution < -0.4 is 9.64 Å². The number of rotatable bonds is 5. The highest BCUT2D eigenvalue weighted by Gasteiger charge is 2.49. The number of carbonyl (C=O) groups is 1. The third kappa shape index (κ3) is 4.27. The zero-order valence-corrected chi connectivity index (χ0v) is 17.7. The predicted octanol–water partition coefficient (Wildman–Crippen LogP) is 2.41. The van der Waals surface area contributed by atoms with E-state index < -0.39 is 15.9 Å². The van der Waals surface area contributed by atoms with Crippen LogP contribution in [-0.2, 0) is 21.1 Å². The predicted molar refractivity (Wildman–Crippen MR) is 113 cm³/mol. The number of anilines is 1. The van der Waals surface area contributed by atoms with Crippen molar-refractivity contribution in [3.05, 3.63) is 59.1 Å². The van der Waals surface area contributed by atoms with Crippen LogP contribution in [0.25, 0.3) is 0 Å². The molecule has 2 aromatic rings. The molecule has 0 spiro atoms. The van der Waals surface area contributed by atoms with Crippen LogP contribution in [0.1, 0.15) is 5.56 Å². The maximum Gasteiger partial charge on any atom is 0.241 e. The van der Waals surface area contributed by atoms with Gasteiger partial charge in [0.15, 0.2) is 9.84 Å². The molecule has 4 rings (SSSR count). The molecule has 2 heterocycles. The van der Waals surface area contributed by atoms with Crippen molar-refractivity contribution in [2.24, 2.45) is 0 Å². The molecular weight excluding hydrogens is 412 g/mol. The smallest absolute Gasteiger partial charge is 0.241 e. The molecule has 0 aromatic heterocycles. The number of benzene rings is 2. The Kier molecular flexibility index (Phi) is 5.55. The number of halogens is 1. The maximum atomic E-state index is 13.0. The highest BCUT2D eigenvalue weighted by atomic mass is 35.5. The molecule has 154 valence electrons. The van der Waals surface area contributed by atoms with Crippen molar-refractivity contribution in [1.29, 1.82) is 0 Å². The van der Waals surface area contributed by atoms with Gasteiger partial charge < -0.3 is 9.64 Å². The van der Waals surface area contributed by atoms with Crippen LogP contribution in [0.15, 0.2) is 48.5 Å². The largest absolute Gasteiger partial charge is 0.497 e. The second-order valence-electron chi connectivity index (χ2n) is 7.53. The summed E-state index contributed by atoms with van der Waals surface area (Å²) in [5, 5.41) is 0.521. The number of amides is 1. The third-order valence-corrected chi connectivity index (χ3v) is 7.54. The molecule has 0 aliphatic carbocycles. The van der Waals surface area contributed by atoms with E-state index in [-0.39, 0.29) is 30.0 Å². The summed E-state index contributed by atoms with van der Waals surface area (Å²) >= 11 is 6.10. The Morgan fingerprint density at radius 2 is 1.86 bits per heavy atom. The van der Waals surface area contributed by atoms with Crippen molar-refractivity contribution in [2.75, 3.05) is 36.6 Å². The van der Waals surface area contributed by atoms with Gasteiger partial charge in [-0.05, 0) is 42.3 Å². The fourth-order valence-corrected chi connectivity index (χ4v) is 6.43. The average molecular weight is 435 g/mol. The molecule has 2 aliphatic heterocycles. The van der Waals surface area contributed by atoms with E-state index in [2.05, 4.69) is 0 Å². The molecule has 0 saturated carbocycles. The number of nitrogens with zero attached hydrogens (tertiary/aromatic N) is 2. The molecule has 0 bridgehead atoms. The normalized spacial score (nSPS) is 23.8. The lowest BCUT2D eigenvalue weighted by Gasteiger charge is -2.43. The van der Waals surface area contributed by atoms with Gasteiger partial charge in [-0.3, -0.25) is 9.69 Å². The number of sulfone groups is 1. The quantitative estimate of drug-likeness (QED) is 0.723. The first-order valence-electron chi connectivity index (χ1n) is 9.51. The first-order valence-corrected chi connectivity index (χ1v) is 11.7. The number of fused-ring (bicyclic) bond motifs is 1. The minimum absolute atomic E-state index is 0.0222. The van der Waals surface area contributed by atoms with E-state index in [0.717, 1.165) is 11.3 Å². The van der Waals surface area contributed by atoms with Crippen LogP contribution in [0.5, 0.6) is 5.75 Å². The van der Waals surface area contributed by atoms with Crippen molar-refractivity contribution in [3.63, 3.8) is 0 Å². The van der Waals surface area contributed by atoms with Crippen molar-refractivity contribution >= 4 is 33.0 Å². The Morgan fingerprint density at radius 3 is 2.62 bits per heavy atom. The van der Waals surface area contributed by atoms with E-state index in [1.165, 1.54) is 0 Å². The Bertz CT molecular complexity index is 1030. The topological polar surface area (TPSA) is 66.9 Å². The second kappa shape index (κ2) is 7.97. The van der Waals surface area contributed by atoms with Gasteiger partial charge in [-0.25, -0.2) is 8.42 Å². The van der Waals surface area contributed by atoms with Crippen molar-refractivity contribution in [3.8, 4) is 5.75 Å². The van der Waals surface area contributed by atoms with Crippen LogP contribution in [-0.4, -0.2) is 63.0 Å². The van der Waals surface area contributed by atoms with E-state index in [1.54, 1.807) is 36.3 Å². The average Bonchev–Trinajstić information content (AvgIpc) is 3.01. The van der Waals surface area contributed by atoms with Gasteiger partial charge in [0.25, 0.3) is 0 Å². The van der Waals surface area contributed by atoms with Gasteiger partial charge >= 0.3 is 0 Å². The lowest BCUT2D eigenvalue weighted by Crippen LogP contribution is -2.62. The number of methoxy groups -OCH3 is 1. The van der Waals surface area contributed by atoms with E-state index in [4.69, 9.17) is 16.3 Å². The van der Waals surface area contributed by atoms with E-state index >= 15 is 0 Å². The molecule has 2 saturated heterocycles. The fraction of sp³-hybridized carbons (Fsp3) is 0.381. The maximum absolute atomic E-state index is 13.0. The first-order chi connectivity index (χ1) is 13.9. The molecule has 2 aliphatic rings. The SMILES string of the molecule is COc1cccc(CCN2CC(=O)N(c3cccc(Cl)c3)[C@@H]3CS(=O)(=O)C[C@H]32)c1. The van der Waals surface area contributed by atoms with Crippen molar-refractivity contribution < 1.29 is 17.9 Å². The van der Waals surface area contributed by atoms with E-state index in [0.29, 0.717) is 23.7 Å². The van der Waals surface area contributed by atoms with Crippen LogP contribution >= 0.6 is 11.6 Å². The summed E-state index contributed by atoms with van der Waals surface area (Å²) < 4.78 is 30.2. The zero-order chi connectivity index (χ0) is 20.6. The van der Waals surface area contributed by atoms with E-state index in [1.807, 2.05) is 29.2 Å². The number of hydrogen-bond acceptors (Lipinski definition) is 5. The van der Waals surface area contributed by atoms with Gasteiger partial charge in [0, 0.05) is 23.3 Å². The Morgan fingerprint density at radius 1 is 1.10 bits per heavy atom. The van der Waals surface area contributed by atoms with Crippen LogP contribution in [0, 0.1) is 0 Å². The zero-order valence-electron chi connectivity index (χ0n) is 16.1. The number of ether oxygens (including phenoxy) is 1. The summed E-state index contributed by atoms with van der Waals surface area (Å²) in [6.07, 6.45) is 0.713. The van der Waals surface area contributed by atoms with Gasteiger partial charge in [-0.2, -0.15) is 0 Å². The molecular formula is C21H23ClN2O4S. The number of carbonyl (C=O) groups excluding carboxylic acids is 1. The number of piperazine rings is 1. The Hall–Kier alpha value is -2.09. The summed E-state index contributed by atoms with van der Waals surface area (Å²) in [5.74, 6) is 0.730. The van der Waals surface area contributed by atoms with Crippen molar-refractivity contribution in [1.82, 2.24) is 4.90 Å². The summed E-state index contributed by atoms with van der Waals surface area (Å²) in [6, 6.07) is 14.2. The molecule has 6 nitrogen and oxygen atoms in total. The molecule has 0 radical (unpaired) electrons. The van der Waals surface area contributed by atoms with Crippen molar-refractivity contribution in [2.45, 2.75) is 18.5 Å². The monoisotopic (exact) mass is 434 g/mol. The highest BCUT2D eigenvalue weighted by Crippen LogP contribution is 2.32. The molecule has 2 fully saturated rings. The summed E-state index contributed by atoms with van der Waals surface area (Å²) in [7, 11) is -1.59. The van der Waals surface area contributed by atoms with Gasteiger partial charge in [0.2, 0.25) is 5.91 Å². The minimum atomic E-state index is -3.22. The summed E-state index contributed by atoms with van der Waals surface area (Å²) in [4.78, 5) is 16.6. The number of hydrogen-bond donors (Lipinski definition) is 0. The second-order valence-corrected chi connectivity index (χ2v) is 10.1. The Balaban J connectivity index is 1.57. The Labute approximate surface area is 175 Å². The van der Waals surface area contributed by atoms with Gasteiger partial charge in [0.05, 0.1) is 31.2 Å². The lowest BCUT2D eigenvalue weighted by atomic mass is 10.0. The van der Waals surface area contributed by atoms with Crippen LogP contribution in [0.4, 0.5) is 5.69 Å². The molecule has 0 unspecified atom stereocenters. The van der Waals surface area contributed by atoms with Crippen LogP contribution in [0.3, 0.4) is 0 Å². The van der Waals surface area contributed by atoms with E-state index in [9.17, 15) is 13.2 Å². The minimum Gasteiger partial charge on any atom is -0.497 e. The molecule has 2 atom stereocenters. The molecule has 0 N–H and O–H groups in total. The third-order valence-electron chi connectivity index (χ3n) is 5.61. The van der Waals surface area contributed by atoms with Gasteiger partial charge in [-0.1, -0.05) is 29.8 Å². The summed E-state index contributed by atoms with van der Waals surface area (Å²) in [5.41, 5.74) is 1.74. The summed E-state index contributed by atoms with van der Waals surface area (Å²) in [6.45, 7) is 0.798. The fourth-order valence-electron chi connectivity index (χ4n) is 4.27. The first kappa shape index (κ1) is 20.2. The highest BCUT2D eigenvalue weighted by molar-refractivity contribution is 7.91.